The van der Waals surface area contributed by atoms with Gasteiger partial charge in [0.1, 0.15) is 0 Å². The molecule has 1 fully saturated rings. The highest BCUT2D eigenvalue weighted by Gasteiger charge is 2.23. The first-order valence-electron chi connectivity index (χ1n) is 4.82. The highest BCUT2D eigenvalue weighted by atomic mass is 32.2. The molecule has 0 aromatic heterocycles. The molecule has 1 saturated heterocycles. The molecule has 0 amide bonds. The van der Waals surface area contributed by atoms with E-state index in [1.807, 2.05) is 6.92 Å². The summed E-state index contributed by atoms with van der Waals surface area (Å²) in [5, 5.41) is 0. The third kappa shape index (κ3) is 3.53. The van der Waals surface area contributed by atoms with E-state index >= 15 is 0 Å². The second kappa shape index (κ2) is 4.57. The second-order valence-electron chi connectivity index (χ2n) is 3.94. The number of hydrogen-bond acceptors (Lipinski definition) is 4. The second-order valence-corrected chi connectivity index (χ2v) is 5.92. The third-order valence-electron chi connectivity index (χ3n) is 2.35. The van der Waals surface area contributed by atoms with Gasteiger partial charge in [0, 0.05) is 38.8 Å². The van der Waals surface area contributed by atoms with E-state index in [0.717, 1.165) is 19.6 Å². The molecule has 1 aliphatic rings. The van der Waals surface area contributed by atoms with Crippen LogP contribution in [0.4, 0.5) is 0 Å². The molecule has 84 valence electrons. The molecule has 0 spiro atoms. The summed E-state index contributed by atoms with van der Waals surface area (Å²) in [5.41, 5.74) is 5.67. The van der Waals surface area contributed by atoms with Gasteiger partial charge in [-0.15, -0.1) is 0 Å². The monoisotopic (exact) mass is 221 g/mol. The molecule has 0 aliphatic carbocycles. The van der Waals surface area contributed by atoms with Gasteiger partial charge in [-0.25, -0.2) is 8.42 Å². The molecule has 0 aromatic rings. The Morgan fingerprint density at radius 3 is 2.14 bits per heavy atom. The van der Waals surface area contributed by atoms with Crippen molar-refractivity contribution in [1.29, 1.82) is 0 Å². The Labute approximate surface area is 85.9 Å². The summed E-state index contributed by atoms with van der Waals surface area (Å²) < 4.78 is 23.9. The lowest BCUT2D eigenvalue weighted by Crippen LogP contribution is -2.50. The average molecular weight is 221 g/mol. The molecule has 0 aromatic carbocycles. The largest absolute Gasteiger partial charge is 0.327 e. The topological polar surface area (TPSA) is 66.6 Å². The molecular weight excluding hydrogens is 202 g/mol. The summed E-state index contributed by atoms with van der Waals surface area (Å²) in [4.78, 5) is 2.20. The molecule has 6 heteroatoms. The van der Waals surface area contributed by atoms with Crippen LogP contribution in [0.25, 0.3) is 0 Å². The van der Waals surface area contributed by atoms with Crippen LogP contribution in [0.2, 0.25) is 0 Å². The van der Waals surface area contributed by atoms with Crippen molar-refractivity contribution in [3.05, 3.63) is 0 Å². The smallest absolute Gasteiger partial charge is 0.211 e. The Hall–Kier alpha value is -0.170. The van der Waals surface area contributed by atoms with Crippen LogP contribution >= 0.6 is 0 Å². The number of piperazine rings is 1. The first-order valence-corrected chi connectivity index (χ1v) is 6.67. The molecule has 1 aliphatic heterocycles. The quantitative estimate of drug-likeness (QED) is 0.658. The maximum atomic E-state index is 11.2. The minimum Gasteiger partial charge on any atom is -0.327 e. The number of nitrogens with zero attached hydrogens (tertiary/aromatic N) is 2. The van der Waals surface area contributed by atoms with E-state index in [1.165, 1.54) is 10.6 Å². The van der Waals surface area contributed by atoms with Gasteiger partial charge in [-0.1, -0.05) is 0 Å². The van der Waals surface area contributed by atoms with Gasteiger partial charge in [-0.3, -0.25) is 4.90 Å². The molecular formula is C8H19N3O2S. The van der Waals surface area contributed by atoms with Gasteiger partial charge in [0.15, 0.2) is 0 Å². The normalized spacial score (nSPS) is 23.6. The van der Waals surface area contributed by atoms with Gasteiger partial charge >= 0.3 is 0 Å². The molecule has 0 bridgehead atoms. The van der Waals surface area contributed by atoms with Crippen LogP contribution in [0.3, 0.4) is 0 Å². The number of rotatable bonds is 3. The predicted octanol–water partition coefficient (Wildman–Crippen LogP) is -1.09. The molecule has 2 N–H and O–H groups in total. The first kappa shape index (κ1) is 11.9. The van der Waals surface area contributed by atoms with Gasteiger partial charge in [0.2, 0.25) is 10.0 Å². The lowest BCUT2D eigenvalue weighted by molar-refractivity contribution is 0.182. The van der Waals surface area contributed by atoms with E-state index in [9.17, 15) is 8.42 Å². The van der Waals surface area contributed by atoms with E-state index in [0.29, 0.717) is 13.1 Å². The fourth-order valence-electron chi connectivity index (χ4n) is 1.65. The first-order chi connectivity index (χ1) is 6.39. The fourth-order valence-corrected chi connectivity index (χ4v) is 2.48. The van der Waals surface area contributed by atoms with Crippen molar-refractivity contribution in [3.63, 3.8) is 0 Å². The van der Waals surface area contributed by atoms with Crippen LogP contribution in [-0.4, -0.2) is 62.6 Å². The maximum absolute atomic E-state index is 11.2. The Bertz CT molecular complexity index is 268. The predicted molar refractivity (Wildman–Crippen MR) is 56.5 cm³/mol. The van der Waals surface area contributed by atoms with Crippen LogP contribution < -0.4 is 5.73 Å². The number of nitrogens with two attached hydrogens (primary N) is 1. The van der Waals surface area contributed by atoms with E-state index in [-0.39, 0.29) is 6.04 Å². The minimum absolute atomic E-state index is 0.153. The van der Waals surface area contributed by atoms with Crippen molar-refractivity contribution in [2.24, 2.45) is 5.73 Å². The number of hydrogen-bond donors (Lipinski definition) is 1. The Balaban J connectivity index is 2.39. The minimum atomic E-state index is -3.00. The lowest BCUT2D eigenvalue weighted by Gasteiger charge is -2.33. The molecule has 0 radical (unpaired) electrons. The van der Waals surface area contributed by atoms with Gasteiger partial charge in [-0.2, -0.15) is 4.31 Å². The van der Waals surface area contributed by atoms with E-state index in [1.54, 1.807) is 0 Å². The van der Waals surface area contributed by atoms with E-state index in [4.69, 9.17) is 5.73 Å². The SMILES string of the molecule is C[C@@H](N)CN1CCN(S(C)(=O)=O)CC1. The third-order valence-corrected chi connectivity index (χ3v) is 3.65. The van der Waals surface area contributed by atoms with Crippen LogP contribution in [-0.2, 0) is 10.0 Å². The van der Waals surface area contributed by atoms with Crippen molar-refractivity contribution < 1.29 is 8.42 Å². The summed E-state index contributed by atoms with van der Waals surface area (Å²) >= 11 is 0. The summed E-state index contributed by atoms with van der Waals surface area (Å²) in [6.45, 7) is 5.56. The molecule has 14 heavy (non-hydrogen) atoms. The summed E-state index contributed by atoms with van der Waals surface area (Å²) in [7, 11) is -3.00. The van der Waals surface area contributed by atoms with E-state index < -0.39 is 10.0 Å². The van der Waals surface area contributed by atoms with Crippen molar-refractivity contribution in [2.45, 2.75) is 13.0 Å². The Morgan fingerprint density at radius 2 is 1.79 bits per heavy atom. The zero-order chi connectivity index (χ0) is 10.8. The summed E-state index contributed by atoms with van der Waals surface area (Å²) in [6, 6.07) is 0.153. The van der Waals surface area contributed by atoms with Gasteiger partial charge in [0.05, 0.1) is 6.26 Å². The van der Waals surface area contributed by atoms with Crippen LogP contribution in [0.1, 0.15) is 6.92 Å². The van der Waals surface area contributed by atoms with Crippen LogP contribution in [0, 0.1) is 0 Å². The average Bonchev–Trinajstić information content (AvgIpc) is 2.02. The van der Waals surface area contributed by atoms with Crippen molar-refractivity contribution in [1.82, 2.24) is 9.21 Å². The van der Waals surface area contributed by atoms with Crippen molar-refractivity contribution >= 4 is 10.0 Å². The van der Waals surface area contributed by atoms with Crippen molar-refractivity contribution in [2.75, 3.05) is 39.0 Å². The van der Waals surface area contributed by atoms with Gasteiger partial charge in [-0.05, 0) is 6.92 Å². The standard InChI is InChI=1S/C8H19N3O2S/c1-8(9)7-10-3-5-11(6-4-10)14(2,12)13/h8H,3-7,9H2,1-2H3/t8-/m1/s1. The van der Waals surface area contributed by atoms with E-state index in [2.05, 4.69) is 4.90 Å². The highest BCUT2D eigenvalue weighted by Crippen LogP contribution is 2.05. The fraction of sp³-hybridized carbons (Fsp3) is 1.00. The molecule has 0 unspecified atom stereocenters. The zero-order valence-corrected chi connectivity index (χ0v) is 9.63. The van der Waals surface area contributed by atoms with Crippen molar-refractivity contribution in [3.8, 4) is 0 Å². The molecule has 1 rings (SSSR count). The summed E-state index contributed by atoms with van der Waals surface area (Å²) in [6.07, 6.45) is 1.26. The number of sulfonamides is 1. The molecule has 1 heterocycles. The lowest BCUT2D eigenvalue weighted by atomic mass is 10.3. The van der Waals surface area contributed by atoms with Crippen LogP contribution in [0.15, 0.2) is 0 Å². The van der Waals surface area contributed by atoms with Gasteiger partial charge < -0.3 is 5.73 Å². The Morgan fingerprint density at radius 1 is 1.29 bits per heavy atom. The molecule has 1 atom stereocenters. The Kier molecular flexibility index (Phi) is 3.88. The molecule has 0 saturated carbocycles. The molecule has 5 nitrogen and oxygen atoms in total. The highest BCUT2D eigenvalue weighted by molar-refractivity contribution is 7.88. The van der Waals surface area contributed by atoms with Crippen LogP contribution in [0.5, 0.6) is 0 Å². The maximum Gasteiger partial charge on any atom is 0.211 e. The van der Waals surface area contributed by atoms with Gasteiger partial charge in [0.25, 0.3) is 0 Å². The summed E-state index contributed by atoms with van der Waals surface area (Å²) in [5.74, 6) is 0. The zero-order valence-electron chi connectivity index (χ0n) is 8.81.